The Hall–Kier alpha value is -1.75. The van der Waals surface area contributed by atoms with Gasteiger partial charge in [-0.2, -0.15) is 0 Å². The van der Waals surface area contributed by atoms with Gasteiger partial charge in [-0.15, -0.1) is 11.6 Å². The van der Waals surface area contributed by atoms with Crippen LogP contribution in [0.2, 0.25) is 0 Å². The molecule has 0 saturated carbocycles. The highest BCUT2D eigenvalue weighted by molar-refractivity contribution is 6.29. The SMILES string of the molecule is CC(C)(C)OC(=O)Nc1ccccc1NC(=O)CCl. The zero-order chi connectivity index (χ0) is 14.5. The van der Waals surface area contributed by atoms with E-state index in [2.05, 4.69) is 10.6 Å². The average Bonchev–Trinajstić information content (AvgIpc) is 2.29. The molecule has 0 unspecified atom stereocenters. The van der Waals surface area contributed by atoms with E-state index in [1.165, 1.54) is 0 Å². The van der Waals surface area contributed by atoms with E-state index >= 15 is 0 Å². The number of benzene rings is 1. The summed E-state index contributed by atoms with van der Waals surface area (Å²) in [4.78, 5) is 22.9. The number of hydrogen-bond donors (Lipinski definition) is 2. The van der Waals surface area contributed by atoms with E-state index in [1.807, 2.05) is 0 Å². The summed E-state index contributed by atoms with van der Waals surface area (Å²) in [5.41, 5.74) is 0.340. The van der Waals surface area contributed by atoms with Gasteiger partial charge in [0.05, 0.1) is 11.4 Å². The van der Waals surface area contributed by atoms with E-state index in [-0.39, 0.29) is 11.8 Å². The van der Waals surface area contributed by atoms with E-state index in [9.17, 15) is 9.59 Å². The Balaban J connectivity index is 2.78. The van der Waals surface area contributed by atoms with Crippen LogP contribution in [0.25, 0.3) is 0 Å². The Labute approximate surface area is 117 Å². The van der Waals surface area contributed by atoms with Crippen molar-refractivity contribution in [2.45, 2.75) is 26.4 Å². The fourth-order valence-corrected chi connectivity index (χ4v) is 1.37. The summed E-state index contributed by atoms with van der Waals surface area (Å²) in [5, 5.41) is 5.16. The van der Waals surface area contributed by atoms with Gasteiger partial charge in [-0.05, 0) is 32.9 Å². The van der Waals surface area contributed by atoms with Crippen molar-refractivity contribution in [2.75, 3.05) is 16.5 Å². The molecule has 0 aliphatic rings. The number of hydrogen-bond acceptors (Lipinski definition) is 3. The van der Waals surface area contributed by atoms with Crippen molar-refractivity contribution in [3.63, 3.8) is 0 Å². The number of anilines is 2. The summed E-state index contributed by atoms with van der Waals surface area (Å²) in [6.07, 6.45) is -0.583. The smallest absolute Gasteiger partial charge is 0.412 e. The first kappa shape index (κ1) is 15.3. The molecule has 1 aromatic carbocycles. The lowest BCUT2D eigenvalue weighted by atomic mass is 10.2. The first-order chi connectivity index (χ1) is 8.81. The number of alkyl halides is 1. The molecule has 0 saturated heterocycles. The molecule has 0 aromatic heterocycles. The highest BCUT2D eigenvalue weighted by atomic mass is 35.5. The summed E-state index contributed by atoms with van der Waals surface area (Å²) < 4.78 is 5.14. The predicted molar refractivity (Wildman–Crippen MR) is 75.6 cm³/mol. The number of halogens is 1. The zero-order valence-corrected chi connectivity index (χ0v) is 11.9. The molecule has 0 aliphatic heterocycles. The zero-order valence-electron chi connectivity index (χ0n) is 11.1. The molecule has 5 nitrogen and oxygen atoms in total. The molecule has 1 rings (SSSR count). The Morgan fingerprint density at radius 2 is 1.68 bits per heavy atom. The van der Waals surface area contributed by atoms with Gasteiger partial charge in [-0.3, -0.25) is 10.1 Å². The fourth-order valence-electron chi connectivity index (χ4n) is 1.30. The van der Waals surface area contributed by atoms with E-state index in [4.69, 9.17) is 16.3 Å². The number of para-hydroxylation sites is 2. The maximum Gasteiger partial charge on any atom is 0.412 e. The van der Waals surface area contributed by atoms with Crippen molar-refractivity contribution in [3.8, 4) is 0 Å². The third-order valence-electron chi connectivity index (χ3n) is 1.96. The van der Waals surface area contributed by atoms with Crippen molar-refractivity contribution in [3.05, 3.63) is 24.3 Å². The lowest BCUT2D eigenvalue weighted by Crippen LogP contribution is -2.27. The summed E-state index contributed by atoms with van der Waals surface area (Å²) in [5.74, 6) is -0.499. The van der Waals surface area contributed by atoms with Crippen LogP contribution in [-0.2, 0) is 9.53 Å². The standard InChI is InChI=1S/C13H17ClN2O3/c1-13(2,3)19-12(18)16-10-7-5-4-6-9(10)15-11(17)8-14/h4-7H,8H2,1-3H3,(H,15,17)(H,16,18). The molecular weight excluding hydrogens is 268 g/mol. The van der Waals surface area contributed by atoms with Crippen LogP contribution in [0, 0.1) is 0 Å². The largest absolute Gasteiger partial charge is 0.444 e. The topological polar surface area (TPSA) is 67.4 Å². The molecule has 0 fully saturated rings. The van der Waals surface area contributed by atoms with Crippen LogP contribution >= 0.6 is 11.6 Å². The minimum absolute atomic E-state index is 0.152. The lowest BCUT2D eigenvalue weighted by molar-refractivity contribution is -0.113. The summed E-state index contributed by atoms with van der Waals surface area (Å²) >= 11 is 5.42. The lowest BCUT2D eigenvalue weighted by Gasteiger charge is -2.20. The van der Waals surface area contributed by atoms with Gasteiger partial charge in [-0.25, -0.2) is 4.79 Å². The minimum Gasteiger partial charge on any atom is -0.444 e. The van der Waals surface area contributed by atoms with Crippen LogP contribution < -0.4 is 10.6 Å². The molecule has 0 aliphatic carbocycles. The quantitative estimate of drug-likeness (QED) is 0.838. The highest BCUT2D eigenvalue weighted by Gasteiger charge is 2.17. The predicted octanol–water partition coefficient (Wildman–Crippen LogP) is 3.21. The molecule has 19 heavy (non-hydrogen) atoms. The normalized spacial score (nSPS) is 10.7. The molecule has 2 amide bonds. The second-order valence-corrected chi connectivity index (χ2v) is 5.12. The molecule has 1 aromatic rings. The second-order valence-electron chi connectivity index (χ2n) is 4.85. The third kappa shape index (κ3) is 5.61. The number of ether oxygens (including phenoxy) is 1. The van der Waals surface area contributed by atoms with Gasteiger partial charge in [0.1, 0.15) is 11.5 Å². The molecule has 0 bridgehead atoms. The van der Waals surface area contributed by atoms with Crippen LogP contribution in [0.1, 0.15) is 20.8 Å². The average molecular weight is 285 g/mol. The number of nitrogens with one attached hydrogen (secondary N) is 2. The van der Waals surface area contributed by atoms with Gasteiger partial charge in [0.25, 0.3) is 0 Å². The van der Waals surface area contributed by atoms with E-state index in [0.29, 0.717) is 11.4 Å². The van der Waals surface area contributed by atoms with Crippen molar-refractivity contribution >= 4 is 35.0 Å². The molecule has 0 heterocycles. The first-order valence-electron chi connectivity index (χ1n) is 5.76. The van der Waals surface area contributed by atoms with Gasteiger partial charge < -0.3 is 10.1 Å². The number of amides is 2. The van der Waals surface area contributed by atoms with Crippen LogP contribution in [0.5, 0.6) is 0 Å². The van der Waals surface area contributed by atoms with Gasteiger partial charge in [0.2, 0.25) is 5.91 Å². The molecule has 0 atom stereocenters. The van der Waals surface area contributed by atoms with Gasteiger partial charge >= 0.3 is 6.09 Å². The van der Waals surface area contributed by atoms with Gasteiger partial charge in [0, 0.05) is 0 Å². The van der Waals surface area contributed by atoms with E-state index in [0.717, 1.165) is 0 Å². The first-order valence-corrected chi connectivity index (χ1v) is 6.30. The van der Waals surface area contributed by atoms with Gasteiger partial charge in [-0.1, -0.05) is 12.1 Å². The van der Waals surface area contributed by atoms with Crippen LogP contribution in [-0.4, -0.2) is 23.5 Å². The van der Waals surface area contributed by atoms with Crippen molar-refractivity contribution in [2.24, 2.45) is 0 Å². The Kier molecular flexibility index (Phi) is 5.18. The third-order valence-corrected chi connectivity index (χ3v) is 2.20. The van der Waals surface area contributed by atoms with Crippen LogP contribution in [0.3, 0.4) is 0 Å². The maximum atomic E-state index is 11.7. The van der Waals surface area contributed by atoms with E-state index < -0.39 is 11.7 Å². The number of carbonyl (C=O) groups is 2. The van der Waals surface area contributed by atoms with Crippen molar-refractivity contribution < 1.29 is 14.3 Å². The minimum atomic E-state index is -0.585. The van der Waals surface area contributed by atoms with Crippen molar-refractivity contribution in [1.82, 2.24) is 0 Å². The Bertz CT molecular complexity index is 469. The fraction of sp³-hybridized carbons (Fsp3) is 0.385. The summed E-state index contributed by atoms with van der Waals surface area (Å²) in [7, 11) is 0. The van der Waals surface area contributed by atoms with Crippen LogP contribution in [0.4, 0.5) is 16.2 Å². The Morgan fingerprint density at radius 3 is 2.16 bits per heavy atom. The van der Waals surface area contributed by atoms with E-state index in [1.54, 1.807) is 45.0 Å². The maximum absolute atomic E-state index is 11.7. The summed E-state index contributed by atoms with van der Waals surface area (Å²) in [6.45, 7) is 5.31. The second kappa shape index (κ2) is 6.43. The van der Waals surface area contributed by atoms with Gasteiger partial charge in [0.15, 0.2) is 0 Å². The molecular formula is C13H17ClN2O3. The van der Waals surface area contributed by atoms with Crippen molar-refractivity contribution in [1.29, 1.82) is 0 Å². The van der Waals surface area contributed by atoms with Crippen LogP contribution in [0.15, 0.2) is 24.3 Å². The number of rotatable bonds is 3. The number of carbonyl (C=O) groups excluding carboxylic acids is 2. The molecule has 104 valence electrons. The molecule has 6 heteroatoms. The highest BCUT2D eigenvalue weighted by Crippen LogP contribution is 2.22. The Morgan fingerprint density at radius 1 is 1.16 bits per heavy atom. The molecule has 0 radical (unpaired) electrons. The monoisotopic (exact) mass is 284 g/mol. The molecule has 2 N–H and O–H groups in total. The molecule has 0 spiro atoms. The summed E-state index contributed by atoms with van der Waals surface area (Å²) in [6, 6.07) is 6.80.